The van der Waals surface area contributed by atoms with E-state index in [1.165, 1.54) is 0 Å². The van der Waals surface area contributed by atoms with Crippen molar-refractivity contribution in [1.82, 2.24) is 9.21 Å². The molecule has 2 unspecified atom stereocenters. The Kier molecular flexibility index (Phi) is 6.56. The highest BCUT2D eigenvalue weighted by atomic mass is 32.2. The Morgan fingerprint density at radius 3 is 2.14 bits per heavy atom. The number of hydrogen-bond acceptors (Lipinski definition) is 2. The highest BCUT2D eigenvalue weighted by Gasteiger charge is 2.73. The van der Waals surface area contributed by atoms with Gasteiger partial charge >= 0.3 is 18.0 Å². The number of aryl methyl sites for hydroxylation is 1. The van der Waals surface area contributed by atoms with Gasteiger partial charge in [-0.15, -0.1) is 0 Å². The second-order valence-electron chi connectivity index (χ2n) is 9.98. The molecule has 1 aromatic carbocycles. The van der Waals surface area contributed by atoms with Crippen LogP contribution in [-0.4, -0.2) is 63.6 Å². The average molecular weight is 529 g/mol. The van der Waals surface area contributed by atoms with Gasteiger partial charge in [-0.2, -0.15) is 26.3 Å². The van der Waals surface area contributed by atoms with Gasteiger partial charge in [0.2, 0.25) is 5.91 Å². The van der Waals surface area contributed by atoms with Crippen LogP contribution in [0.25, 0.3) is 0 Å². The quantitative estimate of drug-likeness (QED) is 0.518. The third-order valence-corrected chi connectivity index (χ3v) is 9.04. The zero-order valence-corrected chi connectivity index (χ0v) is 20.1. The van der Waals surface area contributed by atoms with Crippen LogP contribution in [0.2, 0.25) is 0 Å². The lowest BCUT2D eigenvalue weighted by molar-refractivity contribution is -0.348. The number of piperidine rings is 1. The lowest BCUT2D eigenvalue weighted by Gasteiger charge is -2.42. The molecule has 4 rings (SSSR count). The standard InChI is InChI=1S/C23H27F7N2O2S/c1-20(8-11-31(12-9-20)35(2)34)19(33)32-10-7-17-16-5-4-15(13-14(16)3-6-18(17)32)21(24,22(25,26)27)23(28,29)30/h4-5,13,17-18H,3,6-12H2,1-2H3/t17-,18?,35?/m0/s1. The molecule has 0 saturated carbocycles. The van der Waals surface area contributed by atoms with Gasteiger partial charge in [0.05, 0.1) is 11.0 Å². The molecule has 1 aliphatic carbocycles. The number of halogens is 7. The van der Waals surface area contributed by atoms with Crippen molar-refractivity contribution in [2.24, 2.45) is 5.41 Å². The molecule has 2 aliphatic heterocycles. The number of benzene rings is 1. The van der Waals surface area contributed by atoms with Crippen molar-refractivity contribution in [3.8, 4) is 0 Å². The Balaban J connectivity index is 1.57. The maximum absolute atomic E-state index is 14.5. The number of carbonyl (C=O) groups excluding carboxylic acids is 1. The summed E-state index contributed by atoms with van der Waals surface area (Å²) in [5, 5.41) is 0. The molecule has 0 spiro atoms. The molecular weight excluding hydrogens is 501 g/mol. The van der Waals surface area contributed by atoms with E-state index in [-0.39, 0.29) is 29.9 Å². The predicted molar refractivity (Wildman–Crippen MR) is 115 cm³/mol. The fourth-order valence-electron chi connectivity index (χ4n) is 5.81. The first-order valence-corrected chi connectivity index (χ1v) is 13.0. The average Bonchev–Trinajstić information content (AvgIpc) is 3.20. The van der Waals surface area contributed by atoms with E-state index >= 15 is 0 Å². The van der Waals surface area contributed by atoms with E-state index in [0.29, 0.717) is 63.0 Å². The summed E-state index contributed by atoms with van der Waals surface area (Å²) >= 11 is 0. The lowest BCUT2D eigenvalue weighted by Crippen LogP contribution is -2.51. The maximum Gasteiger partial charge on any atom is 0.435 e. The minimum atomic E-state index is -6.15. The number of hydrogen-bond donors (Lipinski definition) is 0. The molecule has 2 saturated heterocycles. The first-order chi connectivity index (χ1) is 16.1. The van der Waals surface area contributed by atoms with Crippen molar-refractivity contribution in [2.45, 2.75) is 69.0 Å². The molecule has 0 aromatic heterocycles. The first kappa shape index (κ1) is 26.4. The smallest absolute Gasteiger partial charge is 0.339 e. The van der Waals surface area contributed by atoms with E-state index < -0.39 is 40.0 Å². The van der Waals surface area contributed by atoms with Crippen molar-refractivity contribution in [3.63, 3.8) is 0 Å². The van der Waals surface area contributed by atoms with E-state index in [4.69, 9.17) is 0 Å². The van der Waals surface area contributed by atoms with E-state index in [0.717, 1.165) is 6.07 Å². The van der Waals surface area contributed by atoms with Gasteiger partial charge in [0, 0.05) is 48.8 Å². The number of nitrogens with zero attached hydrogens (tertiary/aromatic N) is 2. The van der Waals surface area contributed by atoms with Crippen molar-refractivity contribution < 1.29 is 39.7 Å². The van der Waals surface area contributed by atoms with E-state index in [1.54, 1.807) is 11.2 Å². The summed E-state index contributed by atoms with van der Waals surface area (Å²) < 4.78 is 107. The minimum Gasteiger partial charge on any atom is -0.339 e. The van der Waals surface area contributed by atoms with Crippen molar-refractivity contribution in [2.75, 3.05) is 25.9 Å². The van der Waals surface area contributed by atoms with Crippen molar-refractivity contribution in [3.05, 3.63) is 34.9 Å². The first-order valence-electron chi connectivity index (χ1n) is 11.5. The fourth-order valence-corrected chi connectivity index (χ4v) is 6.51. The Bertz CT molecular complexity index is 1000. The van der Waals surface area contributed by atoms with Gasteiger partial charge < -0.3 is 4.90 Å². The Morgan fingerprint density at radius 2 is 1.60 bits per heavy atom. The molecule has 0 radical (unpaired) electrons. The molecule has 1 aromatic rings. The van der Waals surface area contributed by atoms with Crippen LogP contribution in [0.3, 0.4) is 0 Å². The largest absolute Gasteiger partial charge is 0.435 e. The summed E-state index contributed by atoms with van der Waals surface area (Å²) in [5.41, 5.74) is -6.70. The third-order valence-electron chi connectivity index (χ3n) is 7.94. The zero-order valence-electron chi connectivity index (χ0n) is 19.3. The summed E-state index contributed by atoms with van der Waals surface area (Å²) in [6.45, 7) is 3.38. The number of amides is 1. The Morgan fingerprint density at radius 1 is 1.00 bits per heavy atom. The monoisotopic (exact) mass is 528 g/mol. The van der Waals surface area contributed by atoms with Crippen LogP contribution in [0, 0.1) is 5.41 Å². The number of likely N-dealkylation sites (tertiary alicyclic amines) is 1. The summed E-state index contributed by atoms with van der Waals surface area (Å²) in [6.07, 6.45) is -8.55. The molecule has 1 amide bonds. The molecule has 2 fully saturated rings. The molecule has 196 valence electrons. The van der Waals surface area contributed by atoms with Crippen LogP contribution < -0.4 is 0 Å². The van der Waals surface area contributed by atoms with Gasteiger partial charge in [0.1, 0.15) is 0 Å². The topological polar surface area (TPSA) is 40.6 Å². The van der Waals surface area contributed by atoms with Gasteiger partial charge in [0.15, 0.2) is 0 Å². The van der Waals surface area contributed by atoms with Crippen LogP contribution in [-0.2, 0) is 27.9 Å². The summed E-state index contributed by atoms with van der Waals surface area (Å²) in [7, 11) is -1.11. The molecule has 3 aliphatic rings. The Labute approximate surface area is 201 Å². The Hall–Kier alpha value is -1.69. The molecule has 3 atom stereocenters. The van der Waals surface area contributed by atoms with Gasteiger partial charge in [-0.25, -0.2) is 12.9 Å². The van der Waals surface area contributed by atoms with Gasteiger partial charge in [-0.1, -0.05) is 25.1 Å². The number of rotatable bonds is 3. The minimum absolute atomic E-state index is 0.0245. The molecule has 35 heavy (non-hydrogen) atoms. The predicted octanol–water partition coefficient (Wildman–Crippen LogP) is 5.00. The molecule has 2 heterocycles. The van der Waals surface area contributed by atoms with Gasteiger partial charge in [-0.05, 0) is 43.2 Å². The van der Waals surface area contributed by atoms with Crippen LogP contribution in [0.5, 0.6) is 0 Å². The zero-order chi connectivity index (χ0) is 26.0. The van der Waals surface area contributed by atoms with Crippen molar-refractivity contribution in [1.29, 1.82) is 0 Å². The van der Waals surface area contributed by atoms with Crippen LogP contribution in [0.4, 0.5) is 30.7 Å². The fraction of sp³-hybridized carbons (Fsp3) is 0.696. The summed E-state index contributed by atoms with van der Waals surface area (Å²) in [4.78, 5) is 15.3. The lowest BCUT2D eigenvalue weighted by atomic mass is 9.76. The highest BCUT2D eigenvalue weighted by Crippen LogP contribution is 2.54. The normalized spacial score (nSPS) is 26.3. The van der Waals surface area contributed by atoms with Gasteiger partial charge in [-0.3, -0.25) is 4.79 Å². The molecule has 0 N–H and O–H groups in total. The number of carbonyl (C=O) groups is 1. The molecule has 12 heteroatoms. The van der Waals surface area contributed by atoms with Crippen LogP contribution in [0.1, 0.15) is 55.2 Å². The molecular formula is C23H27F7N2O2S. The van der Waals surface area contributed by atoms with E-state index in [1.807, 2.05) is 11.2 Å². The molecule has 4 nitrogen and oxygen atoms in total. The van der Waals surface area contributed by atoms with Crippen LogP contribution >= 0.6 is 0 Å². The van der Waals surface area contributed by atoms with E-state index in [9.17, 15) is 39.7 Å². The van der Waals surface area contributed by atoms with Crippen LogP contribution in [0.15, 0.2) is 18.2 Å². The SMILES string of the molecule is CS(=O)N1CCC(C)(C(=O)N2CC[C@H]3c4ccc(C(F)(C(F)(F)F)C(F)(F)F)cc4CCC32)CC1. The third kappa shape index (κ3) is 4.28. The van der Waals surface area contributed by atoms with Gasteiger partial charge in [0.25, 0.3) is 0 Å². The maximum atomic E-state index is 14.5. The number of alkyl halides is 7. The summed E-state index contributed by atoms with van der Waals surface area (Å²) in [6, 6.07) is 2.22. The summed E-state index contributed by atoms with van der Waals surface area (Å²) in [5.74, 6) is -0.252. The molecule has 0 bridgehead atoms. The second-order valence-corrected chi connectivity index (χ2v) is 11.3. The van der Waals surface area contributed by atoms with Crippen molar-refractivity contribution >= 4 is 16.9 Å². The highest BCUT2D eigenvalue weighted by molar-refractivity contribution is 7.81. The number of fused-ring (bicyclic) bond motifs is 3. The van der Waals surface area contributed by atoms with E-state index in [2.05, 4.69) is 0 Å². The second kappa shape index (κ2) is 8.71.